The van der Waals surface area contributed by atoms with Crippen molar-refractivity contribution in [2.75, 3.05) is 13.1 Å². The lowest BCUT2D eigenvalue weighted by Crippen LogP contribution is -2.23. The zero-order valence-corrected chi connectivity index (χ0v) is 11.5. The number of nitrogens with zero attached hydrogens (tertiary/aromatic N) is 1. The van der Waals surface area contributed by atoms with Crippen LogP contribution in [0.15, 0.2) is 24.3 Å². The molecule has 1 saturated heterocycles. The molecule has 94 valence electrons. The normalized spacial score (nSPS) is 17.6. The van der Waals surface area contributed by atoms with Crippen molar-refractivity contribution in [3.8, 4) is 0 Å². The molecule has 0 bridgehead atoms. The molecule has 0 aromatic heterocycles. The van der Waals surface area contributed by atoms with Gasteiger partial charge in [0.1, 0.15) is 0 Å². The average Bonchev–Trinajstić information content (AvgIpc) is 2.82. The van der Waals surface area contributed by atoms with E-state index in [1.165, 1.54) is 43.5 Å². The van der Waals surface area contributed by atoms with Gasteiger partial charge in [0.05, 0.1) is 0 Å². The Morgan fingerprint density at radius 2 is 1.76 bits per heavy atom. The van der Waals surface area contributed by atoms with Crippen molar-refractivity contribution in [1.29, 1.82) is 0 Å². The van der Waals surface area contributed by atoms with Crippen molar-refractivity contribution >= 4 is 0 Å². The Morgan fingerprint density at radius 1 is 1.12 bits per heavy atom. The van der Waals surface area contributed by atoms with Crippen LogP contribution in [-0.4, -0.2) is 18.0 Å². The summed E-state index contributed by atoms with van der Waals surface area (Å²) < 4.78 is 0. The van der Waals surface area contributed by atoms with E-state index in [9.17, 15) is 0 Å². The number of hydrogen-bond acceptors (Lipinski definition) is 1. The summed E-state index contributed by atoms with van der Waals surface area (Å²) in [6.45, 7) is 10.7. The fourth-order valence-corrected chi connectivity index (χ4v) is 2.69. The molecule has 1 aromatic carbocycles. The van der Waals surface area contributed by atoms with Gasteiger partial charge in [-0.15, -0.1) is 0 Å². The maximum Gasteiger partial charge on any atom is 0.0236 e. The van der Waals surface area contributed by atoms with Gasteiger partial charge in [-0.3, -0.25) is 4.90 Å². The van der Waals surface area contributed by atoms with Crippen LogP contribution in [-0.2, 0) is 12.0 Å². The number of likely N-dealkylation sites (tertiary alicyclic amines) is 1. The zero-order chi connectivity index (χ0) is 12.3. The second-order valence-corrected chi connectivity index (χ2v) is 5.88. The number of rotatable bonds is 4. The molecule has 0 radical (unpaired) electrons. The fourth-order valence-electron chi connectivity index (χ4n) is 2.69. The van der Waals surface area contributed by atoms with E-state index in [1.54, 1.807) is 0 Å². The minimum absolute atomic E-state index is 0.302. The van der Waals surface area contributed by atoms with Gasteiger partial charge in [-0.2, -0.15) is 0 Å². The van der Waals surface area contributed by atoms with Gasteiger partial charge in [-0.25, -0.2) is 0 Å². The predicted octanol–water partition coefficient (Wildman–Crippen LogP) is 3.97. The van der Waals surface area contributed by atoms with Crippen LogP contribution in [0.4, 0.5) is 0 Å². The zero-order valence-electron chi connectivity index (χ0n) is 11.5. The van der Waals surface area contributed by atoms with Gasteiger partial charge in [0.2, 0.25) is 0 Å². The molecule has 1 aliphatic heterocycles. The van der Waals surface area contributed by atoms with Gasteiger partial charge in [-0.05, 0) is 48.9 Å². The molecule has 0 saturated carbocycles. The molecule has 1 heteroatoms. The third-order valence-corrected chi connectivity index (χ3v) is 4.22. The molecule has 0 N–H and O–H groups in total. The molecule has 1 heterocycles. The van der Waals surface area contributed by atoms with Crippen LogP contribution >= 0.6 is 0 Å². The lowest BCUT2D eigenvalue weighted by Gasteiger charge is -2.28. The lowest BCUT2D eigenvalue weighted by molar-refractivity contribution is 0.327. The van der Waals surface area contributed by atoms with Crippen molar-refractivity contribution in [1.82, 2.24) is 4.90 Å². The molecule has 1 aromatic rings. The van der Waals surface area contributed by atoms with Crippen LogP contribution < -0.4 is 0 Å². The Morgan fingerprint density at radius 3 is 2.41 bits per heavy atom. The highest BCUT2D eigenvalue weighted by Gasteiger charge is 2.22. The summed E-state index contributed by atoms with van der Waals surface area (Å²) in [6, 6.07) is 8.99. The van der Waals surface area contributed by atoms with Crippen molar-refractivity contribution in [2.45, 2.75) is 52.0 Å². The highest BCUT2D eigenvalue weighted by atomic mass is 15.1. The summed E-state index contributed by atoms with van der Waals surface area (Å²) in [6.07, 6.45) is 3.95. The molecule has 1 aliphatic rings. The van der Waals surface area contributed by atoms with Gasteiger partial charge in [0.15, 0.2) is 0 Å². The minimum atomic E-state index is 0.302. The van der Waals surface area contributed by atoms with Crippen molar-refractivity contribution in [3.63, 3.8) is 0 Å². The average molecular weight is 231 g/mol. The van der Waals surface area contributed by atoms with E-state index in [4.69, 9.17) is 0 Å². The third kappa shape index (κ3) is 2.90. The lowest BCUT2D eigenvalue weighted by atomic mass is 9.79. The summed E-state index contributed by atoms with van der Waals surface area (Å²) >= 11 is 0. The third-order valence-electron chi connectivity index (χ3n) is 4.22. The van der Waals surface area contributed by atoms with Gasteiger partial charge in [0.25, 0.3) is 0 Å². The second kappa shape index (κ2) is 5.22. The first-order valence-electron chi connectivity index (χ1n) is 6.94. The van der Waals surface area contributed by atoms with Crippen molar-refractivity contribution in [3.05, 3.63) is 35.4 Å². The van der Waals surface area contributed by atoms with E-state index in [2.05, 4.69) is 49.9 Å². The van der Waals surface area contributed by atoms with Gasteiger partial charge >= 0.3 is 0 Å². The Bertz CT molecular complexity index is 362. The summed E-state index contributed by atoms with van der Waals surface area (Å²) in [5.74, 6) is 0. The second-order valence-electron chi connectivity index (χ2n) is 5.88. The van der Waals surface area contributed by atoms with Gasteiger partial charge in [-0.1, -0.05) is 45.0 Å². The van der Waals surface area contributed by atoms with E-state index in [-0.39, 0.29) is 0 Å². The van der Waals surface area contributed by atoms with Gasteiger partial charge < -0.3 is 0 Å². The maximum absolute atomic E-state index is 2.59. The maximum atomic E-state index is 2.59. The van der Waals surface area contributed by atoms with Crippen LogP contribution in [0.2, 0.25) is 0 Å². The first-order valence-corrected chi connectivity index (χ1v) is 6.94. The molecule has 0 atom stereocenters. The molecule has 17 heavy (non-hydrogen) atoms. The molecular formula is C16H25N. The summed E-state index contributed by atoms with van der Waals surface area (Å²) in [5, 5.41) is 0. The van der Waals surface area contributed by atoms with E-state index < -0.39 is 0 Å². The molecule has 1 fully saturated rings. The van der Waals surface area contributed by atoms with Crippen molar-refractivity contribution in [2.24, 2.45) is 0 Å². The predicted molar refractivity (Wildman–Crippen MR) is 74.3 cm³/mol. The van der Waals surface area contributed by atoms with E-state index in [0.717, 1.165) is 6.54 Å². The van der Waals surface area contributed by atoms with Crippen molar-refractivity contribution < 1.29 is 0 Å². The Kier molecular flexibility index (Phi) is 3.88. The van der Waals surface area contributed by atoms with E-state index in [1.807, 2.05) is 0 Å². The van der Waals surface area contributed by atoms with E-state index >= 15 is 0 Å². The van der Waals surface area contributed by atoms with E-state index in [0.29, 0.717) is 5.41 Å². The smallest absolute Gasteiger partial charge is 0.0236 e. The SMILES string of the molecule is CCC(C)(C)c1ccccc1CN1CCCC1. The van der Waals surface area contributed by atoms with Gasteiger partial charge in [0, 0.05) is 6.54 Å². The molecule has 0 unspecified atom stereocenters. The fraction of sp³-hybridized carbons (Fsp3) is 0.625. The quantitative estimate of drug-likeness (QED) is 0.758. The van der Waals surface area contributed by atoms with Crippen LogP contribution in [0.5, 0.6) is 0 Å². The summed E-state index contributed by atoms with van der Waals surface area (Å²) in [4.78, 5) is 2.59. The summed E-state index contributed by atoms with van der Waals surface area (Å²) in [7, 11) is 0. The molecule has 0 spiro atoms. The van der Waals surface area contributed by atoms with Crippen LogP contribution in [0.3, 0.4) is 0 Å². The van der Waals surface area contributed by atoms with Crippen LogP contribution in [0.1, 0.15) is 51.2 Å². The molecule has 0 aliphatic carbocycles. The Hall–Kier alpha value is -0.820. The molecule has 0 amide bonds. The van der Waals surface area contributed by atoms with Crippen LogP contribution in [0, 0.1) is 0 Å². The highest BCUT2D eigenvalue weighted by molar-refractivity contribution is 5.33. The standard InChI is InChI=1S/C16H25N/c1-4-16(2,3)15-10-6-5-9-14(15)13-17-11-7-8-12-17/h5-6,9-10H,4,7-8,11-13H2,1-3H3. The number of hydrogen-bond donors (Lipinski definition) is 0. The topological polar surface area (TPSA) is 3.24 Å². The Labute approximate surface area is 106 Å². The highest BCUT2D eigenvalue weighted by Crippen LogP contribution is 2.30. The summed E-state index contributed by atoms with van der Waals surface area (Å²) in [5.41, 5.74) is 3.37. The molecular weight excluding hydrogens is 206 g/mol. The first-order chi connectivity index (χ1) is 8.13. The monoisotopic (exact) mass is 231 g/mol. The molecule has 1 nitrogen and oxygen atoms in total. The Balaban J connectivity index is 2.21. The van der Waals surface area contributed by atoms with Crippen LogP contribution in [0.25, 0.3) is 0 Å². The molecule has 2 rings (SSSR count). The first kappa shape index (κ1) is 12.6. The largest absolute Gasteiger partial charge is 0.299 e. The number of benzene rings is 1. The minimum Gasteiger partial charge on any atom is -0.299 e.